The van der Waals surface area contributed by atoms with Crippen LogP contribution in [0.3, 0.4) is 0 Å². The minimum atomic E-state index is 0.754. The van der Waals surface area contributed by atoms with Crippen LogP contribution >= 0.6 is 0 Å². The van der Waals surface area contributed by atoms with Crippen molar-refractivity contribution in [1.29, 1.82) is 0 Å². The van der Waals surface area contributed by atoms with Crippen molar-refractivity contribution in [1.82, 2.24) is 9.47 Å². The molecule has 0 aliphatic carbocycles. The highest BCUT2D eigenvalue weighted by atomic mass is 16.5. The van der Waals surface area contributed by atoms with E-state index in [0.717, 1.165) is 31.9 Å². The Hall–Kier alpha value is -2.26. The summed E-state index contributed by atoms with van der Waals surface area (Å²) in [5.74, 6) is 1.02. The van der Waals surface area contributed by atoms with Gasteiger partial charge < -0.3 is 14.2 Å². The van der Waals surface area contributed by atoms with Gasteiger partial charge >= 0.3 is 0 Å². The second kappa shape index (κ2) is 6.23. The van der Waals surface area contributed by atoms with Crippen LogP contribution in [0.5, 0.6) is 5.75 Å². The Morgan fingerprint density at radius 2 is 1.68 bits per heavy atom. The molecule has 1 fully saturated rings. The van der Waals surface area contributed by atoms with E-state index in [1.165, 1.54) is 53.7 Å². The van der Waals surface area contributed by atoms with Crippen LogP contribution in [0.2, 0.25) is 0 Å². The number of benzene rings is 2. The smallest absolute Gasteiger partial charge is 0.128 e. The molecular weight excluding hydrogens is 308 g/mol. The van der Waals surface area contributed by atoms with Gasteiger partial charge in [-0.2, -0.15) is 0 Å². The largest absolute Gasteiger partial charge is 0.493 e. The standard InChI is InChI=1S/C22H24N2O/c1-3-9-20-17(7-1)18-11-16-25-21-10-4-2-8-19(21)22(18)24(20)15-14-23-12-5-6-13-23/h1-4,7-10H,5-6,11-16H2. The van der Waals surface area contributed by atoms with Gasteiger partial charge in [-0.05, 0) is 49.7 Å². The van der Waals surface area contributed by atoms with Gasteiger partial charge in [0.2, 0.25) is 0 Å². The third kappa shape index (κ3) is 2.54. The van der Waals surface area contributed by atoms with Crippen LogP contribution in [-0.2, 0) is 13.0 Å². The molecule has 1 aromatic heterocycles. The molecule has 2 aromatic carbocycles. The van der Waals surface area contributed by atoms with Crippen molar-refractivity contribution in [3.05, 3.63) is 54.1 Å². The lowest BCUT2D eigenvalue weighted by Gasteiger charge is -2.18. The van der Waals surface area contributed by atoms with Crippen molar-refractivity contribution in [2.45, 2.75) is 25.8 Å². The lowest BCUT2D eigenvalue weighted by molar-refractivity contribution is 0.325. The third-order valence-corrected chi connectivity index (χ3v) is 5.67. The zero-order chi connectivity index (χ0) is 16.6. The molecule has 128 valence electrons. The van der Waals surface area contributed by atoms with E-state index in [4.69, 9.17) is 4.74 Å². The van der Waals surface area contributed by atoms with Crippen LogP contribution in [0.15, 0.2) is 48.5 Å². The third-order valence-electron chi connectivity index (χ3n) is 5.67. The first-order valence-corrected chi connectivity index (χ1v) is 9.46. The number of para-hydroxylation sites is 2. The Balaban J connectivity index is 1.67. The molecule has 0 radical (unpaired) electrons. The van der Waals surface area contributed by atoms with Gasteiger partial charge in [-0.1, -0.05) is 30.3 Å². The van der Waals surface area contributed by atoms with Crippen LogP contribution < -0.4 is 4.74 Å². The van der Waals surface area contributed by atoms with E-state index in [9.17, 15) is 0 Å². The van der Waals surface area contributed by atoms with Gasteiger partial charge in [-0.3, -0.25) is 0 Å². The fourth-order valence-electron chi connectivity index (χ4n) is 4.47. The first-order chi connectivity index (χ1) is 12.4. The molecule has 0 N–H and O–H groups in total. The van der Waals surface area contributed by atoms with Gasteiger partial charge in [0.15, 0.2) is 0 Å². The number of hydrogen-bond acceptors (Lipinski definition) is 2. The summed E-state index contributed by atoms with van der Waals surface area (Å²) < 4.78 is 8.59. The van der Waals surface area contributed by atoms with Gasteiger partial charge in [0, 0.05) is 36.0 Å². The molecule has 3 heteroatoms. The lowest BCUT2D eigenvalue weighted by atomic mass is 10.0. The topological polar surface area (TPSA) is 17.4 Å². The molecule has 5 rings (SSSR count). The normalized spacial score (nSPS) is 17.1. The van der Waals surface area contributed by atoms with Crippen molar-refractivity contribution in [2.24, 2.45) is 0 Å². The second-order valence-electron chi connectivity index (χ2n) is 7.14. The second-order valence-corrected chi connectivity index (χ2v) is 7.14. The van der Waals surface area contributed by atoms with Gasteiger partial charge in [-0.25, -0.2) is 0 Å². The molecule has 25 heavy (non-hydrogen) atoms. The van der Waals surface area contributed by atoms with Gasteiger partial charge in [-0.15, -0.1) is 0 Å². The van der Waals surface area contributed by atoms with Crippen LogP contribution in [0.25, 0.3) is 22.2 Å². The van der Waals surface area contributed by atoms with Crippen LogP contribution in [0, 0.1) is 0 Å². The quantitative estimate of drug-likeness (QED) is 0.710. The van der Waals surface area contributed by atoms with E-state index in [-0.39, 0.29) is 0 Å². The molecule has 2 aliphatic rings. The SMILES string of the molecule is c1ccc2c(c1)OCCc1c-2n(CCN2CCCC2)c2ccccc12. The van der Waals surface area contributed by atoms with Gasteiger partial charge in [0.1, 0.15) is 5.75 Å². The first kappa shape index (κ1) is 15.0. The van der Waals surface area contributed by atoms with E-state index in [2.05, 4.69) is 58.0 Å². The van der Waals surface area contributed by atoms with Gasteiger partial charge in [0.05, 0.1) is 12.3 Å². The average Bonchev–Trinajstić information content (AvgIpc) is 3.22. The van der Waals surface area contributed by atoms with Crippen molar-refractivity contribution < 1.29 is 4.74 Å². The number of ether oxygens (including phenoxy) is 1. The highest BCUT2D eigenvalue weighted by molar-refractivity contribution is 5.93. The summed E-state index contributed by atoms with van der Waals surface area (Å²) in [7, 11) is 0. The van der Waals surface area contributed by atoms with E-state index < -0.39 is 0 Å². The number of aromatic nitrogens is 1. The molecule has 0 atom stereocenters. The fraction of sp³-hybridized carbons (Fsp3) is 0.364. The summed E-state index contributed by atoms with van der Waals surface area (Å²) in [6.45, 7) is 5.44. The number of nitrogens with zero attached hydrogens (tertiary/aromatic N) is 2. The molecule has 0 amide bonds. The van der Waals surface area contributed by atoms with E-state index in [1.807, 2.05) is 0 Å². The molecule has 1 saturated heterocycles. The maximum atomic E-state index is 6.05. The maximum absolute atomic E-state index is 6.05. The van der Waals surface area contributed by atoms with Crippen molar-refractivity contribution in [3.8, 4) is 17.0 Å². The monoisotopic (exact) mass is 332 g/mol. The minimum Gasteiger partial charge on any atom is -0.493 e. The van der Waals surface area contributed by atoms with E-state index in [1.54, 1.807) is 0 Å². The zero-order valence-electron chi connectivity index (χ0n) is 14.6. The Kier molecular flexibility index (Phi) is 3.75. The maximum Gasteiger partial charge on any atom is 0.128 e. The minimum absolute atomic E-state index is 0.754. The number of likely N-dealkylation sites (tertiary alicyclic amines) is 1. The molecule has 3 heterocycles. The molecule has 3 aromatic rings. The highest BCUT2D eigenvalue weighted by Gasteiger charge is 2.23. The number of fused-ring (bicyclic) bond motifs is 5. The first-order valence-electron chi connectivity index (χ1n) is 9.46. The molecule has 2 aliphatic heterocycles. The zero-order valence-corrected chi connectivity index (χ0v) is 14.6. The summed E-state index contributed by atoms with van der Waals surface area (Å²) >= 11 is 0. The Morgan fingerprint density at radius 1 is 0.880 bits per heavy atom. The fourth-order valence-corrected chi connectivity index (χ4v) is 4.47. The van der Waals surface area contributed by atoms with E-state index in [0.29, 0.717) is 0 Å². The van der Waals surface area contributed by atoms with Gasteiger partial charge in [0.25, 0.3) is 0 Å². The summed E-state index contributed by atoms with van der Waals surface area (Å²) in [4.78, 5) is 2.60. The summed E-state index contributed by atoms with van der Waals surface area (Å²) in [6.07, 6.45) is 3.67. The molecule has 0 spiro atoms. The average molecular weight is 332 g/mol. The van der Waals surface area contributed by atoms with Crippen LogP contribution in [-0.4, -0.2) is 35.7 Å². The van der Waals surface area contributed by atoms with Crippen LogP contribution in [0.1, 0.15) is 18.4 Å². The number of hydrogen-bond donors (Lipinski definition) is 0. The molecule has 3 nitrogen and oxygen atoms in total. The Labute approximate surface area is 148 Å². The van der Waals surface area contributed by atoms with E-state index >= 15 is 0 Å². The number of rotatable bonds is 3. The molecule has 0 unspecified atom stereocenters. The molecule has 0 saturated carbocycles. The highest BCUT2D eigenvalue weighted by Crippen LogP contribution is 2.40. The summed E-state index contributed by atoms with van der Waals surface area (Å²) in [6, 6.07) is 17.4. The Morgan fingerprint density at radius 3 is 2.60 bits per heavy atom. The van der Waals surface area contributed by atoms with Crippen molar-refractivity contribution in [3.63, 3.8) is 0 Å². The summed E-state index contributed by atoms with van der Waals surface area (Å²) in [5.41, 5.74) is 5.42. The molecule has 0 bridgehead atoms. The Bertz CT molecular complexity index is 906. The molecular formula is C22H24N2O. The van der Waals surface area contributed by atoms with Crippen molar-refractivity contribution in [2.75, 3.05) is 26.2 Å². The lowest BCUT2D eigenvalue weighted by Crippen LogP contribution is -2.24. The van der Waals surface area contributed by atoms with Crippen LogP contribution in [0.4, 0.5) is 0 Å². The van der Waals surface area contributed by atoms with Crippen molar-refractivity contribution >= 4 is 10.9 Å². The summed E-state index contributed by atoms with van der Waals surface area (Å²) in [5, 5.41) is 1.39. The predicted molar refractivity (Wildman–Crippen MR) is 102 cm³/mol. The predicted octanol–water partition coefficient (Wildman–Crippen LogP) is 4.34.